The Hall–Kier alpha value is -1.36. The number of aromatic nitrogens is 2. The first-order chi connectivity index (χ1) is 8.85. The molecule has 1 unspecified atom stereocenters. The lowest BCUT2D eigenvalue weighted by molar-refractivity contribution is 0.0875. The largest absolute Gasteiger partial charge is 0.379 e. The Morgan fingerprint density at radius 2 is 2.17 bits per heavy atom. The van der Waals surface area contributed by atoms with Gasteiger partial charge in [0.25, 0.3) is 0 Å². The number of nitrogens with one attached hydrogen (secondary N) is 2. The number of hydrogen-bond acceptors (Lipinski definition) is 5. The van der Waals surface area contributed by atoms with Crippen LogP contribution in [0.25, 0.3) is 0 Å². The van der Waals surface area contributed by atoms with E-state index in [9.17, 15) is 0 Å². The number of nitrogens with zero attached hydrogens (tertiary/aromatic N) is 2. The molecule has 1 fully saturated rings. The van der Waals surface area contributed by atoms with Gasteiger partial charge in [-0.2, -0.15) is 0 Å². The van der Waals surface area contributed by atoms with Crippen molar-refractivity contribution in [3.63, 3.8) is 0 Å². The fraction of sp³-hybridized carbons (Fsp3) is 0.692. The van der Waals surface area contributed by atoms with Crippen molar-refractivity contribution in [1.82, 2.24) is 9.97 Å². The molecule has 1 aliphatic rings. The van der Waals surface area contributed by atoms with Crippen LogP contribution in [0.1, 0.15) is 32.3 Å². The lowest BCUT2D eigenvalue weighted by atomic mass is 10.1. The lowest BCUT2D eigenvalue weighted by Crippen LogP contribution is -2.31. The van der Waals surface area contributed by atoms with E-state index >= 15 is 0 Å². The van der Waals surface area contributed by atoms with Crippen LogP contribution in [0.15, 0.2) is 6.33 Å². The first-order valence-electron chi connectivity index (χ1n) is 6.77. The molecular formula is C13H22N4O. The molecule has 0 aliphatic carbocycles. The topological polar surface area (TPSA) is 59.1 Å². The number of rotatable bonds is 5. The molecular weight excluding hydrogens is 228 g/mol. The standard InChI is InChI=1S/C13H22N4O/c1-3-11-12(14-4-2)15-9-16-13(11)17-10-6-5-7-18-8-10/h9-10H,3-8H2,1-2H3,(H2,14,15,16,17). The summed E-state index contributed by atoms with van der Waals surface area (Å²) in [5.74, 6) is 1.88. The highest BCUT2D eigenvalue weighted by Gasteiger charge is 2.17. The van der Waals surface area contributed by atoms with Crippen LogP contribution >= 0.6 is 0 Å². The van der Waals surface area contributed by atoms with Crippen LogP contribution in [0.3, 0.4) is 0 Å². The van der Waals surface area contributed by atoms with E-state index < -0.39 is 0 Å². The van der Waals surface area contributed by atoms with E-state index in [0.717, 1.165) is 56.2 Å². The molecule has 0 spiro atoms. The highest BCUT2D eigenvalue weighted by atomic mass is 16.5. The first-order valence-corrected chi connectivity index (χ1v) is 6.77. The number of ether oxygens (including phenoxy) is 1. The van der Waals surface area contributed by atoms with Crippen LogP contribution in [-0.4, -0.2) is 35.8 Å². The number of anilines is 2. The van der Waals surface area contributed by atoms with Gasteiger partial charge in [0.05, 0.1) is 12.6 Å². The van der Waals surface area contributed by atoms with Gasteiger partial charge in [-0.05, 0) is 26.2 Å². The van der Waals surface area contributed by atoms with Gasteiger partial charge >= 0.3 is 0 Å². The molecule has 0 bridgehead atoms. The van der Waals surface area contributed by atoms with Gasteiger partial charge in [0.1, 0.15) is 18.0 Å². The molecule has 0 radical (unpaired) electrons. The highest BCUT2D eigenvalue weighted by Crippen LogP contribution is 2.22. The molecule has 2 rings (SSSR count). The second kappa shape index (κ2) is 6.54. The second-order valence-electron chi connectivity index (χ2n) is 4.49. The molecule has 1 aliphatic heterocycles. The van der Waals surface area contributed by atoms with Crippen LogP contribution in [0.4, 0.5) is 11.6 Å². The predicted molar refractivity (Wildman–Crippen MR) is 73.0 cm³/mol. The van der Waals surface area contributed by atoms with E-state index in [1.54, 1.807) is 6.33 Å². The predicted octanol–water partition coefficient (Wildman–Crippen LogP) is 2.06. The van der Waals surface area contributed by atoms with Gasteiger partial charge in [-0.25, -0.2) is 9.97 Å². The van der Waals surface area contributed by atoms with Gasteiger partial charge < -0.3 is 15.4 Å². The van der Waals surface area contributed by atoms with Crippen LogP contribution in [0.2, 0.25) is 0 Å². The maximum atomic E-state index is 5.48. The SMILES string of the molecule is CCNc1ncnc(NC2CCCOC2)c1CC. The molecule has 1 atom stereocenters. The summed E-state index contributed by atoms with van der Waals surface area (Å²) in [5, 5.41) is 6.77. The molecule has 2 heterocycles. The molecule has 0 amide bonds. The van der Waals surface area contributed by atoms with Crippen LogP contribution < -0.4 is 10.6 Å². The summed E-state index contributed by atoms with van der Waals surface area (Å²) in [4.78, 5) is 8.67. The molecule has 0 saturated carbocycles. The van der Waals surface area contributed by atoms with Crippen molar-refractivity contribution in [1.29, 1.82) is 0 Å². The van der Waals surface area contributed by atoms with Crippen molar-refractivity contribution in [2.24, 2.45) is 0 Å². The smallest absolute Gasteiger partial charge is 0.135 e. The molecule has 18 heavy (non-hydrogen) atoms. The molecule has 5 nitrogen and oxygen atoms in total. The third-order valence-corrected chi connectivity index (χ3v) is 3.14. The van der Waals surface area contributed by atoms with E-state index in [-0.39, 0.29) is 0 Å². The zero-order valence-corrected chi connectivity index (χ0v) is 11.2. The molecule has 1 aromatic rings. The average molecular weight is 250 g/mol. The first kappa shape index (κ1) is 13.1. The normalized spacial score (nSPS) is 19.6. The van der Waals surface area contributed by atoms with Crippen LogP contribution in [0, 0.1) is 0 Å². The summed E-state index contributed by atoms with van der Waals surface area (Å²) >= 11 is 0. The Labute approximate surface area is 108 Å². The van der Waals surface area contributed by atoms with Gasteiger partial charge in [-0.3, -0.25) is 0 Å². The van der Waals surface area contributed by atoms with Gasteiger partial charge in [-0.1, -0.05) is 6.92 Å². The van der Waals surface area contributed by atoms with Gasteiger partial charge in [0.15, 0.2) is 0 Å². The van der Waals surface area contributed by atoms with Gasteiger partial charge in [-0.15, -0.1) is 0 Å². The molecule has 1 saturated heterocycles. The van der Waals surface area contributed by atoms with E-state index in [1.165, 1.54) is 0 Å². The molecule has 2 N–H and O–H groups in total. The molecule has 5 heteroatoms. The van der Waals surface area contributed by atoms with Crippen molar-refractivity contribution in [3.8, 4) is 0 Å². The third-order valence-electron chi connectivity index (χ3n) is 3.14. The Morgan fingerprint density at radius 3 is 2.83 bits per heavy atom. The molecule has 1 aromatic heterocycles. The summed E-state index contributed by atoms with van der Waals surface area (Å²) < 4.78 is 5.48. The zero-order valence-electron chi connectivity index (χ0n) is 11.2. The molecule has 0 aromatic carbocycles. The summed E-state index contributed by atoms with van der Waals surface area (Å²) in [5.41, 5.74) is 1.16. The van der Waals surface area contributed by atoms with Crippen molar-refractivity contribution < 1.29 is 4.74 Å². The Kier molecular flexibility index (Phi) is 4.75. The summed E-state index contributed by atoms with van der Waals surface area (Å²) in [7, 11) is 0. The van der Waals surface area contributed by atoms with E-state index in [0.29, 0.717) is 6.04 Å². The van der Waals surface area contributed by atoms with Crippen LogP contribution in [-0.2, 0) is 11.2 Å². The average Bonchev–Trinajstić information content (AvgIpc) is 2.41. The Morgan fingerprint density at radius 1 is 1.33 bits per heavy atom. The van der Waals surface area contributed by atoms with E-state index in [4.69, 9.17) is 4.74 Å². The minimum atomic E-state index is 0.369. The van der Waals surface area contributed by atoms with Gasteiger partial charge in [0.2, 0.25) is 0 Å². The minimum absolute atomic E-state index is 0.369. The fourth-order valence-electron chi connectivity index (χ4n) is 2.24. The summed E-state index contributed by atoms with van der Waals surface area (Å²) in [6.07, 6.45) is 4.79. The van der Waals surface area contributed by atoms with Gasteiger partial charge in [0, 0.05) is 18.7 Å². The maximum absolute atomic E-state index is 5.48. The lowest BCUT2D eigenvalue weighted by Gasteiger charge is -2.25. The van der Waals surface area contributed by atoms with Crippen molar-refractivity contribution in [2.75, 3.05) is 30.4 Å². The molecule has 100 valence electrons. The maximum Gasteiger partial charge on any atom is 0.135 e. The quantitative estimate of drug-likeness (QED) is 0.837. The monoisotopic (exact) mass is 250 g/mol. The van der Waals surface area contributed by atoms with Crippen molar-refractivity contribution >= 4 is 11.6 Å². The highest BCUT2D eigenvalue weighted by molar-refractivity contribution is 5.57. The summed E-state index contributed by atoms with van der Waals surface area (Å²) in [6.45, 7) is 6.72. The number of hydrogen-bond donors (Lipinski definition) is 2. The Balaban J connectivity index is 2.12. The zero-order chi connectivity index (χ0) is 12.8. The fourth-order valence-corrected chi connectivity index (χ4v) is 2.24. The summed E-state index contributed by atoms with van der Waals surface area (Å²) in [6, 6.07) is 0.369. The van der Waals surface area contributed by atoms with Crippen molar-refractivity contribution in [3.05, 3.63) is 11.9 Å². The second-order valence-corrected chi connectivity index (χ2v) is 4.49. The van der Waals surface area contributed by atoms with Crippen molar-refractivity contribution in [2.45, 2.75) is 39.2 Å². The Bertz CT molecular complexity index is 377. The third kappa shape index (κ3) is 3.10. The minimum Gasteiger partial charge on any atom is -0.379 e. The van der Waals surface area contributed by atoms with E-state index in [1.807, 2.05) is 0 Å². The van der Waals surface area contributed by atoms with E-state index in [2.05, 4.69) is 34.4 Å². The van der Waals surface area contributed by atoms with Crippen LogP contribution in [0.5, 0.6) is 0 Å².